The molecule has 0 radical (unpaired) electrons. The van der Waals surface area contributed by atoms with Crippen molar-refractivity contribution < 1.29 is 27.4 Å². The van der Waals surface area contributed by atoms with Gasteiger partial charge in [-0.1, -0.05) is 22.6 Å². The van der Waals surface area contributed by atoms with E-state index in [-0.39, 0.29) is 17.3 Å². The van der Waals surface area contributed by atoms with E-state index in [1.54, 1.807) is 18.6 Å². The summed E-state index contributed by atoms with van der Waals surface area (Å²) < 4.78 is 41.8. The average molecular weight is 424 g/mol. The molecule has 1 amide bonds. The number of carbonyl (C=O) groups excluding carboxylic acids is 1. The second kappa shape index (κ2) is 10.5. The Bertz CT molecular complexity index is 374. The molecule has 0 aromatic carbocycles. The molecule has 0 aliphatic carbocycles. The number of carbonyl (C=O) groups is 1. The first-order valence-electron chi connectivity index (χ1n) is 6.04. The molecule has 10 heteroatoms. The molecule has 0 aromatic rings. The Morgan fingerprint density at radius 2 is 1.85 bits per heavy atom. The van der Waals surface area contributed by atoms with Crippen molar-refractivity contribution in [2.45, 2.75) is 31.0 Å². The van der Waals surface area contributed by atoms with E-state index in [0.29, 0.717) is 13.2 Å². The molecule has 0 aliphatic rings. The number of hydrogen-bond acceptors (Lipinski definition) is 6. The van der Waals surface area contributed by atoms with Crippen molar-refractivity contribution in [2.75, 3.05) is 26.4 Å². The molecule has 0 spiro atoms. The first-order chi connectivity index (χ1) is 9.23. The van der Waals surface area contributed by atoms with Gasteiger partial charge in [0.05, 0.1) is 25.9 Å². The Hall–Kier alpha value is -0.170. The van der Waals surface area contributed by atoms with Gasteiger partial charge in [-0.15, -0.1) is 0 Å². The number of alkyl halides is 1. The van der Waals surface area contributed by atoms with Gasteiger partial charge in [0.15, 0.2) is 0 Å². The summed E-state index contributed by atoms with van der Waals surface area (Å²) in [6.45, 7) is 6.17. The zero-order chi connectivity index (χ0) is 15.6. The average Bonchev–Trinajstić information content (AvgIpc) is 2.24. The predicted molar refractivity (Wildman–Crippen MR) is 81.9 cm³/mol. The normalized spacial score (nSPS) is 13.2. The van der Waals surface area contributed by atoms with Crippen LogP contribution in [0.4, 0.5) is 4.79 Å². The standard InChI is InChI=1S/C10H21IN2O6S/c1-8(2)19-10(14)13-20(15,16)12-4-5-17-6-7-18-9(3)11/h8-9,12H,4-7H2,1-3H3,(H,13,14). The molecule has 0 heterocycles. The summed E-state index contributed by atoms with van der Waals surface area (Å²) in [4.78, 5) is 11.1. The molecule has 120 valence electrons. The van der Waals surface area contributed by atoms with E-state index in [1.165, 1.54) is 0 Å². The molecule has 0 bridgehead atoms. The maximum Gasteiger partial charge on any atom is 0.422 e. The fourth-order valence-electron chi connectivity index (χ4n) is 1.00. The van der Waals surface area contributed by atoms with Gasteiger partial charge in [0.1, 0.15) is 4.11 Å². The summed E-state index contributed by atoms with van der Waals surface area (Å²) in [5.74, 6) is 0. The molecule has 0 saturated heterocycles. The van der Waals surface area contributed by atoms with E-state index < -0.39 is 22.4 Å². The van der Waals surface area contributed by atoms with Gasteiger partial charge in [-0.3, -0.25) is 0 Å². The monoisotopic (exact) mass is 424 g/mol. The van der Waals surface area contributed by atoms with Crippen LogP contribution in [0.15, 0.2) is 0 Å². The molecule has 2 N–H and O–H groups in total. The number of hydrogen-bond donors (Lipinski definition) is 2. The molecule has 0 aliphatic heterocycles. The van der Waals surface area contributed by atoms with E-state index in [9.17, 15) is 13.2 Å². The van der Waals surface area contributed by atoms with Crippen LogP contribution in [0.5, 0.6) is 0 Å². The van der Waals surface area contributed by atoms with Gasteiger partial charge in [-0.05, 0) is 20.8 Å². The van der Waals surface area contributed by atoms with Crippen molar-refractivity contribution in [3.05, 3.63) is 0 Å². The van der Waals surface area contributed by atoms with E-state index in [0.717, 1.165) is 0 Å². The van der Waals surface area contributed by atoms with Gasteiger partial charge in [0, 0.05) is 6.54 Å². The third kappa shape index (κ3) is 12.8. The molecule has 8 nitrogen and oxygen atoms in total. The van der Waals surface area contributed by atoms with Crippen LogP contribution in [0.3, 0.4) is 0 Å². The molecular formula is C10H21IN2O6S. The van der Waals surface area contributed by atoms with Crippen molar-refractivity contribution in [1.29, 1.82) is 0 Å². The minimum Gasteiger partial charge on any atom is -0.446 e. The summed E-state index contributed by atoms with van der Waals surface area (Å²) >= 11 is 2.12. The van der Waals surface area contributed by atoms with E-state index >= 15 is 0 Å². The van der Waals surface area contributed by atoms with Gasteiger partial charge in [0.2, 0.25) is 0 Å². The third-order valence-electron chi connectivity index (χ3n) is 1.67. The summed E-state index contributed by atoms with van der Waals surface area (Å²) in [5.41, 5.74) is 0. The van der Waals surface area contributed by atoms with Crippen LogP contribution in [0.2, 0.25) is 0 Å². The highest BCUT2D eigenvalue weighted by Gasteiger charge is 2.15. The van der Waals surface area contributed by atoms with Crippen LogP contribution in [-0.2, 0) is 24.4 Å². The second-order valence-corrected chi connectivity index (χ2v) is 7.23. The number of nitrogens with one attached hydrogen (secondary N) is 2. The minimum absolute atomic E-state index is 0.0457. The van der Waals surface area contributed by atoms with Crippen LogP contribution in [0, 0.1) is 0 Å². The summed E-state index contributed by atoms with van der Waals surface area (Å²) in [5, 5.41) is 0. The van der Waals surface area contributed by atoms with Crippen molar-refractivity contribution in [1.82, 2.24) is 9.44 Å². The quantitative estimate of drug-likeness (QED) is 0.305. The van der Waals surface area contributed by atoms with Crippen LogP contribution >= 0.6 is 22.6 Å². The van der Waals surface area contributed by atoms with Crippen LogP contribution in [0.25, 0.3) is 0 Å². The first kappa shape index (κ1) is 19.8. The van der Waals surface area contributed by atoms with E-state index in [4.69, 9.17) is 9.47 Å². The fourth-order valence-corrected chi connectivity index (χ4v) is 1.95. The third-order valence-corrected chi connectivity index (χ3v) is 3.05. The van der Waals surface area contributed by atoms with Crippen molar-refractivity contribution in [3.63, 3.8) is 0 Å². The predicted octanol–water partition coefficient (Wildman–Crippen LogP) is 0.770. The number of amides is 1. The summed E-state index contributed by atoms with van der Waals surface area (Å²) in [6.07, 6.45) is -1.41. The highest BCUT2D eigenvalue weighted by molar-refractivity contribution is 14.1. The Morgan fingerprint density at radius 1 is 1.20 bits per heavy atom. The largest absolute Gasteiger partial charge is 0.446 e. The zero-order valence-corrected chi connectivity index (χ0v) is 14.7. The molecule has 1 atom stereocenters. The Labute approximate surface area is 133 Å². The first-order valence-corrected chi connectivity index (χ1v) is 8.77. The highest BCUT2D eigenvalue weighted by Crippen LogP contribution is 1.98. The highest BCUT2D eigenvalue weighted by atomic mass is 127. The van der Waals surface area contributed by atoms with Crippen LogP contribution in [0.1, 0.15) is 20.8 Å². The minimum atomic E-state index is -3.92. The van der Waals surface area contributed by atoms with Crippen LogP contribution in [-0.4, -0.2) is 51.1 Å². The Kier molecular flexibility index (Phi) is 10.5. The molecule has 0 rings (SSSR count). The Morgan fingerprint density at radius 3 is 2.40 bits per heavy atom. The van der Waals surface area contributed by atoms with Gasteiger partial charge >= 0.3 is 16.3 Å². The summed E-state index contributed by atoms with van der Waals surface area (Å²) in [6, 6.07) is 0. The van der Waals surface area contributed by atoms with E-state index in [2.05, 4.69) is 32.0 Å². The fraction of sp³-hybridized carbons (Fsp3) is 0.900. The van der Waals surface area contributed by atoms with Crippen molar-refractivity contribution in [3.8, 4) is 0 Å². The zero-order valence-electron chi connectivity index (χ0n) is 11.7. The summed E-state index contributed by atoms with van der Waals surface area (Å²) in [7, 11) is -3.92. The molecule has 0 saturated carbocycles. The lowest BCUT2D eigenvalue weighted by Gasteiger charge is -2.11. The van der Waals surface area contributed by atoms with Gasteiger partial charge in [-0.25, -0.2) is 9.52 Å². The number of ether oxygens (including phenoxy) is 3. The number of halogens is 1. The SMILES string of the molecule is CC(C)OC(=O)NS(=O)(=O)NCCOCCOC(C)I. The maximum atomic E-state index is 11.4. The molecule has 0 fully saturated rings. The van der Waals surface area contributed by atoms with Crippen molar-refractivity contribution in [2.24, 2.45) is 0 Å². The molecule has 1 unspecified atom stereocenters. The van der Waals surface area contributed by atoms with Crippen LogP contribution < -0.4 is 9.44 Å². The number of rotatable bonds is 10. The maximum absolute atomic E-state index is 11.4. The lowest BCUT2D eigenvalue weighted by Crippen LogP contribution is -2.42. The lowest BCUT2D eigenvalue weighted by molar-refractivity contribution is 0.0494. The topological polar surface area (TPSA) is 103 Å². The molecule has 0 aromatic heterocycles. The second-order valence-electron chi connectivity index (χ2n) is 3.98. The van der Waals surface area contributed by atoms with E-state index in [1.807, 2.05) is 6.92 Å². The van der Waals surface area contributed by atoms with Gasteiger partial charge < -0.3 is 14.2 Å². The molecule has 20 heavy (non-hydrogen) atoms. The van der Waals surface area contributed by atoms with Gasteiger partial charge in [0.25, 0.3) is 0 Å². The van der Waals surface area contributed by atoms with Crippen molar-refractivity contribution >= 4 is 38.9 Å². The Balaban J connectivity index is 3.70. The lowest BCUT2D eigenvalue weighted by atomic mass is 10.5. The smallest absolute Gasteiger partial charge is 0.422 e. The molecular weight excluding hydrogens is 403 g/mol. The van der Waals surface area contributed by atoms with Gasteiger partial charge in [-0.2, -0.15) is 13.1 Å².